The molecule has 5 rings (SSSR count). The average molecular weight is 389 g/mol. The molecule has 1 aliphatic rings. The van der Waals surface area contributed by atoms with Gasteiger partial charge in [0.05, 0.1) is 25.6 Å². The molecule has 2 N–H and O–H groups in total. The summed E-state index contributed by atoms with van der Waals surface area (Å²) in [4.78, 5) is 27.5. The Morgan fingerprint density at radius 2 is 1.83 bits per heavy atom. The highest BCUT2D eigenvalue weighted by atomic mass is 16.5. The Kier molecular flexibility index (Phi) is 4.21. The van der Waals surface area contributed by atoms with Gasteiger partial charge in [0.2, 0.25) is 0 Å². The molecular weight excluding hydrogens is 370 g/mol. The molecule has 0 radical (unpaired) electrons. The molecule has 0 bridgehead atoms. The van der Waals surface area contributed by atoms with Crippen molar-refractivity contribution in [3.05, 3.63) is 60.8 Å². The van der Waals surface area contributed by atoms with Gasteiger partial charge >= 0.3 is 0 Å². The third-order valence-electron chi connectivity index (χ3n) is 4.89. The number of carbonyl (C=O) groups excluding carboxylic acids is 1. The van der Waals surface area contributed by atoms with Gasteiger partial charge in [0.15, 0.2) is 11.5 Å². The van der Waals surface area contributed by atoms with Crippen molar-refractivity contribution in [2.24, 2.45) is 5.73 Å². The lowest BCUT2D eigenvalue weighted by atomic mass is 10.3. The molecule has 1 fully saturated rings. The minimum atomic E-state index is -0.584. The van der Waals surface area contributed by atoms with Gasteiger partial charge in [-0.3, -0.25) is 9.36 Å². The number of morpholine rings is 1. The van der Waals surface area contributed by atoms with Crippen LogP contribution >= 0.6 is 0 Å². The molecule has 9 nitrogen and oxygen atoms in total. The number of carbonyl (C=O) groups is 1. The zero-order chi connectivity index (χ0) is 19.8. The lowest BCUT2D eigenvalue weighted by Gasteiger charge is -2.26. The standard InChI is InChI=1S/C20H19N7O2/c21-19(28)15-12-27(14-4-2-1-3-5-14)20(23-15)16-11-26-13-18(24-17(26)10-22-16)25-6-8-29-9-7-25/h1-5,10-13H,6-9H2,(H2,21,28). The Morgan fingerprint density at radius 1 is 1.03 bits per heavy atom. The van der Waals surface area contributed by atoms with E-state index < -0.39 is 5.91 Å². The summed E-state index contributed by atoms with van der Waals surface area (Å²) in [7, 11) is 0. The van der Waals surface area contributed by atoms with Crippen LogP contribution in [0.15, 0.2) is 55.1 Å². The highest BCUT2D eigenvalue weighted by molar-refractivity contribution is 5.91. The molecule has 4 heterocycles. The molecule has 3 aromatic heterocycles. The van der Waals surface area contributed by atoms with E-state index in [9.17, 15) is 4.79 Å². The van der Waals surface area contributed by atoms with E-state index >= 15 is 0 Å². The third kappa shape index (κ3) is 3.21. The van der Waals surface area contributed by atoms with E-state index in [0.717, 1.165) is 30.2 Å². The number of aromatic nitrogens is 5. The van der Waals surface area contributed by atoms with Crippen molar-refractivity contribution in [1.29, 1.82) is 0 Å². The quantitative estimate of drug-likeness (QED) is 0.568. The van der Waals surface area contributed by atoms with Crippen molar-refractivity contribution in [3.63, 3.8) is 0 Å². The third-order valence-corrected chi connectivity index (χ3v) is 4.89. The number of primary amides is 1. The molecule has 29 heavy (non-hydrogen) atoms. The summed E-state index contributed by atoms with van der Waals surface area (Å²) < 4.78 is 9.14. The molecule has 0 spiro atoms. The molecule has 146 valence electrons. The number of imidazole rings is 2. The number of nitrogens with zero attached hydrogens (tertiary/aromatic N) is 6. The van der Waals surface area contributed by atoms with Crippen molar-refractivity contribution in [3.8, 4) is 17.2 Å². The predicted molar refractivity (Wildman–Crippen MR) is 107 cm³/mol. The molecule has 0 saturated carbocycles. The second-order valence-electron chi connectivity index (χ2n) is 6.76. The van der Waals surface area contributed by atoms with E-state index in [1.54, 1.807) is 12.4 Å². The fourth-order valence-electron chi connectivity index (χ4n) is 3.41. The minimum Gasteiger partial charge on any atom is -0.378 e. The van der Waals surface area contributed by atoms with E-state index in [1.807, 2.05) is 51.7 Å². The van der Waals surface area contributed by atoms with Gasteiger partial charge < -0.3 is 19.8 Å². The van der Waals surface area contributed by atoms with Crippen LogP contribution in [0.3, 0.4) is 0 Å². The molecule has 1 aromatic carbocycles. The molecule has 0 atom stereocenters. The topological polar surface area (TPSA) is 104 Å². The summed E-state index contributed by atoms with van der Waals surface area (Å²) in [6.45, 7) is 3.01. The molecule has 0 aliphatic carbocycles. The summed E-state index contributed by atoms with van der Waals surface area (Å²) >= 11 is 0. The smallest absolute Gasteiger partial charge is 0.268 e. The zero-order valence-corrected chi connectivity index (χ0v) is 15.6. The molecule has 4 aromatic rings. The highest BCUT2D eigenvalue weighted by Gasteiger charge is 2.18. The Balaban J connectivity index is 1.59. The number of hydrogen-bond donors (Lipinski definition) is 1. The fraction of sp³-hybridized carbons (Fsp3) is 0.200. The first-order chi connectivity index (χ1) is 14.2. The number of nitrogens with two attached hydrogens (primary N) is 1. The molecule has 1 aliphatic heterocycles. The first kappa shape index (κ1) is 17.4. The van der Waals surface area contributed by atoms with Gasteiger partial charge in [0.25, 0.3) is 5.91 Å². The number of benzene rings is 1. The van der Waals surface area contributed by atoms with Crippen LogP contribution in [0.25, 0.3) is 22.9 Å². The van der Waals surface area contributed by atoms with Crippen LogP contribution in [-0.2, 0) is 4.74 Å². The second-order valence-corrected chi connectivity index (χ2v) is 6.76. The van der Waals surface area contributed by atoms with Crippen LogP contribution in [0.4, 0.5) is 5.82 Å². The van der Waals surface area contributed by atoms with Crippen LogP contribution in [0.5, 0.6) is 0 Å². The maximum absolute atomic E-state index is 11.7. The van der Waals surface area contributed by atoms with E-state index in [-0.39, 0.29) is 5.69 Å². The molecule has 0 unspecified atom stereocenters. The van der Waals surface area contributed by atoms with Crippen molar-refractivity contribution in [2.75, 3.05) is 31.2 Å². The van der Waals surface area contributed by atoms with E-state index in [0.29, 0.717) is 24.7 Å². The first-order valence-electron chi connectivity index (χ1n) is 9.31. The Labute approximate surface area is 166 Å². The van der Waals surface area contributed by atoms with Crippen molar-refractivity contribution < 1.29 is 9.53 Å². The van der Waals surface area contributed by atoms with Gasteiger partial charge in [-0.1, -0.05) is 18.2 Å². The number of fused-ring (bicyclic) bond motifs is 1. The average Bonchev–Trinajstić information content (AvgIpc) is 3.39. The summed E-state index contributed by atoms with van der Waals surface area (Å²) in [5, 5.41) is 0. The van der Waals surface area contributed by atoms with Crippen LogP contribution in [0.2, 0.25) is 0 Å². The monoisotopic (exact) mass is 389 g/mol. The van der Waals surface area contributed by atoms with Crippen LogP contribution in [0.1, 0.15) is 10.5 Å². The second kappa shape index (κ2) is 7.02. The van der Waals surface area contributed by atoms with E-state index in [2.05, 4.69) is 19.9 Å². The minimum absolute atomic E-state index is 0.186. The predicted octanol–water partition coefficient (Wildman–Crippen LogP) is 1.52. The van der Waals surface area contributed by atoms with Crippen LogP contribution in [-0.4, -0.2) is 56.1 Å². The normalized spacial score (nSPS) is 14.4. The SMILES string of the molecule is NC(=O)c1cn(-c2ccccc2)c(-c2cn3cc(N4CCOCC4)nc3cn2)n1. The molecular formula is C20H19N7O2. The van der Waals surface area contributed by atoms with Crippen molar-refractivity contribution in [2.45, 2.75) is 0 Å². The zero-order valence-electron chi connectivity index (χ0n) is 15.6. The van der Waals surface area contributed by atoms with Gasteiger partial charge in [-0.15, -0.1) is 0 Å². The Hall–Kier alpha value is -3.72. The number of para-hydroxylation sites is 1. The molecule has 9 heteroatoms. The Morgan fingerprint density at radius 3 is 2.59 bits per heavy atom. The lowest BCUT2D eigenvalue weighted by Crippen LogP contribution is -2.36. The summed E-state index contributed by atoms with van der Waals surface area (Å²) in [6, 6.07) is 9.64. The molecule has 1 amide bonds. The van der Waals surface area contributed by atoms with Gasteiger partial charge in [-0.05, 0) is 12.1 Å². The summed E-state index contributed by atoms with van der Waals surface area (Å²) in [5.41, 5.74) is 7.86. The van der Waals surface area contributed by atoms with E-state index in [1.165, 1.54) is 0 Å². The number of amides is 1. The summed E-state index contributed by atoms with van der Waals surface area (Å²) in [6.07, 6.45) is 7.16. The van der Waals surface area contributed by atoms with Crippen molar-refractivity contribution >= 4 is 17.4 Å². The fourth-order valence-corrected chi connectivity index (χ4v) is 3.41. The molecule has 1 saturated heterocycles. The van der Waals surface area contributed by atoms with Gasteiger partial charge in [0.1, 0.15) is 17.2 Å². The number of rotatable bonds is 4. The lowest BCUT2D eigenvalue weighted by molar-refractivity contribution is 0.0996. The van der Waals surface area contributed by atoms with Gasteiger partial charge in [-0.25, -0.2) is 15.0 Å². The van der Waals surface area contributed by atoms with Crippen LogP contribution < -0.4 is 10.6 Å². The van der Waals surface area contributed by atoms with Gasteiger partial charge in [0, 0.05) is 31.2 Å². The number of ether oxygens (including phenoxy) is 1. The van der Waals surface area contributed by atoms with Crippen molar-refractivity contribution in [1.82, 2.24) is 23.9 Å². The Bertz CT molecular complexity index is 1180. The van der Waals surface area contributed by atoms with Crippen LogP contribution in [0, 0.1) is 0 Å². The largest absolute Gasteiger partial charge is 0.378 e. The number of hydrogen-bond acceptors (Lipinski definition) is 6. The maximum atomic E-state index is 11.7. The van der Waals surface area contributed by atoms with Gasteiger partial charge in [-0.2, -0.15) is 0 Å². The first-order valence-corrected chi connectivity index (χ1v) is 9.31. The highest BCUT2D eigenvalue weighted by Crippen LogP contribution is 2.23. The summed E-state index contributed by atoms with van der Waals surface area (Å²) in [5.74, 6) is 0.837. The number of anilines is 1. The van der Waals surface area contributed by atoms with E-state index in [4.69, 9.17) is 10.5 Å². The maximum Gasteiger partial charge on any atom is 0.268 e.